The minimum absolute atomic E-state index is 0.000380. The molecule has 0 aliphatic carbocycles. The first kappa shape index (κ1) is 13.5. The van der Waals surface area contributed by atoms with Gasteiger partial charge in [-0.2, -0.15) is 0 Å². The van der Waals surface area contributed by atoms with E-state index in [0.29, 0.717) is 0 Å². The number of halogens is 1. The van der Waals surface area contributed by atoms with Gasteiger partial charge in [0.05, 0.1) is 17.0 Å². The number of nitrogens with zero attached hydrogens (tertiary/aromatic N) is 1. The van der Waals surface area contributed by atoms with Crippen LogP contribution in [0.2, 0.25) is 0 Å². The average Bonchev–Trinajstić information content (AvgIpc) is 2.73. The second-order valence-electron chi connectivity index (χ2n) is 4.31. The highest BCUT2D eigenvalue weighted by molar-refractivity contribution is 9.11. The van der Waals surface area contributed by atoms with Crippen LogP contribution >= 0.6 is 27.3 Å². The molecule has 3 nitrogen and oxygen atoms in total. The summed E-state index contributed by atoms with van der Waals surface area (Å²) in [5.74, 6) is 0. The normalized spacial score (nSPS) is 17.8. The Bertz CT molecular complexity index is 339. The highest BCUT2D eigenvalue weighted by atomic mass is 79.9. The molecule has 0 N–H and O–H groups in total. The van der Waals surface area contributed by atoms with Crippen molar-refractivity contribution in [2.45, 2.75) is 25.7 Å². The maximum absolute atomic E-state index is 5.53. The van der Waals surface area contributed by atoms with Gasteiger partial charge < -0.3 is 14.4 Å². The molecule has 1 aromatic heterocycles. The molecule has 0 amide bonds. The standard InChI is InChI=1S/C12H18BrNO2S/c1-14(8-10-7-11(13)17-9-10)4-3-12-15-5-2-6-16-12/h7,9,12H,2-6,8H2,1H3. The Hall–Kier alpha value is 0.0600. The van der Waals surface area contributed by atoms with Crippen LogP contribution in [0.15, 0.2) is 15.2 Å². The average molecular weight is 320 g/mol. The van der Waals surface area contributed by atoms with Crippen LogP contribution in [0, 0.1) is 0 Å². The molecule has 0 spiro atoms. The fourth-order valence-corrected chi connectivity index (χ4v) is 3.05. The summed E-state index contributed by atoms with van der Waals surface area (Å²) >= 11 is 5.22. The number of ether oxygens (including phenoxy) is 2. The van der Waals surface area contributed by atoms with Crippen molar-refractivity contribution in [1.82, 2.24) is 4.90 Å². The Morgan fingerprint density at radius 3 is 2.88 bits per heavy atom. The van der Waals surface area contributed by atoms with Crippen molar-refractivity contribution >= 4 is 27.3 Å². The van der Waals surface area contributed by atoms with E-state index < -0.39 is 0 Å². The van der Waals surface area contributed by atoms with Gasteiger partial charge in [0.2, 0.25) is 0 Å². The lowest BCUT2D eigenvalue weighted by molar-refractivity contribution is -0.182. The third-order valence-electron chi connectivity index (χ3n) is 2.72. The molecular weight excluding hydrogens is 302 g/mol. The largest absolute Gasteiger partial charge is 0.353 e. The predicted octanol–water partition coefficient (Wildman–Crippen LogP) is 3.10. The van der Waals surface area contributed by atoms with E-state index in [1.165, 1.54) is 9.35 Å². The zero-order valence-electron chi connectivity index (χ0n) is 10.0. The molecule has 2 rings (SSSR count). The molecule has 2 heterocycles. The van der Waals surface area contributed by atoms with Gasteiger partial charge in [0.1, 0.15) is 0 Å². The molecule has 1 aliphatic heterocycles. The minimum atomic E-state index is 0.000380. The summed E-state index contributed by atoms with van der Waals surface area (Å²) in [4.78, 5) is 2.30. The van der Waals surface area contributed by atoms with Crippen molar-refractivity contribution in [2.75, 3.05) is 26.8 Å². The van der Waals surface area contributed by atoms with Crippen molar-refractivity contribution in [2.24, 2.45) is 0 Å². The zero-order chi connectivity index (χ0) is 12.1. The maximum Gasteiger partial charge on any atom is 0.158 e. The van der Waals surface area contributed by atoms with Gasteiger partial charge in [0.15, 0.2) is 6.29 Å². The van der Waals surface area contributed by atoms with Gasteiger partial charge in [0.25, 0.3) is 0 Å². The molecule has 5 heteroatoms. The quantitative estimate of drug-likeness (QED) is 0.832. The van der Waals surface area contributed by atoms with E-state index in [-0.39, 0.29) is 6.29 Å². The SMILES string of the molecule is CN(CCC1OCCCO1)Cc1csc(Br)c1. The van der Waals surface area contributed by atoms with Crippen LogP contribution in [0.3, 0.4) is 0 Å². The van der Waals surface area contributed by atoms with E-state index in [4.69, 9.17) is 9.47 Å². The summed E-state index contributed by atoms with van der Waals surface area (Å²) < 4.78 is 12.3. The zero-order valence-corrected chi connectivity index (χ0v) is 12.4. The van der Waals surface area contributed by atoms with Gasteiger partial charge in [-0.1, -0.05) is 0 Å². The monoisotopic (exact) mass is 319 g/mol. The van der Waals surface area contributed by atoms with Crippen LogP contribution in [0.4, 0.5) is 0 Å². The van der Waals surface area contributed by atoms with E-state index in [9.17, 15) is 0 Å². The van der Waals surface area contributed by atoms with Gasteiger partial charge in [0, 0.05) is 19.5 Å². The third-order valence-corrected chi connectivity index (χ3v) is 4.27. The van der Waals surface area contributed by atoms with Crippen molar-refractivity contribution in [3.05, 3.63) is 20.8 Å². The molecule has 0 saturated carbocycles. The lowest BCUT2D eigenvalue weighted by Gasteiger charge is -2.25. The van der Waals surface area contributed by atoms with Gasteiger partial charge in [-0.05, 0) is 46.4 Å². The molecule has 96 valence electrons. The van der Waals surface area contributed by atoms with Gasteiger partial charge in [-0.15, -0.1) is 11.3 Å². The molecule has 17 heavy (non-hydrogen) atoms. The van der Waals surface area contributed by atoms with Gasteiger partial charge >= 0.3 is 0 Å². The molecule has 1 aliphatic rings. The van der Waals surface area contributed by atoms with E-state index in [2.05, 4.69) is 39.3 Å². The Kier molecular flexibility index (Phi) is 5.44. The molecule has 0 unspecified atom stereocenters. The molecule has 1 aromatic rings. The molecule has 0 radical (unpaired) electrons. The van der Waals surface area contributed by atoms with Crippen LogP contribution in [0.5, 0.6) is 0 Å². The van der Waals surface area contributed by atoms with Crippen LogP contribution in [0.1, 0.15) is 18.4 Å². The summed E-state index contributed by atoms with van der Waals surface area (Å²) in [6.07, 6.45) is 1.97. The van der Waals surface area contributed by atoms with E-state index in [1.54, 1.807) is 11.3 Å². The van der Waals surface area contributed by atoms with E-state index in [1.807, 2.05) is 0 Å². The molecule has 1 fully saturated rings. The Morgan fingerprint density at radius 1 is 1.47 bits per heavy atom. The molecular formula is C12H18BrNO2S. The van der Waals surface area contributed by atoms with Gasteiger partial charge in [-0.25, -0.2) is 0 Å². The lowest BCUT2D eigenvalue weighted by Crippen LogP contribution is -2.29. The first-order valence-corrected chi connectivity index (χ1v) is 7.56. The van der Waals surface area contributed by atoms with Crippen LogP contribution in [0.25, 0.3) is 0 Å². The highest BCUT2D eigenvalue weighted by Gasteiger charge is 2.14. The Labute approximate surface area is 115 Å². The summed E-state index contributed by atoms with van der Waals surface area (Å²) in [5, 5.41) is 2.19. The molecule has 0 atom stereocenters. The Balaban J connectivity index is 1.68. The third kappa shape index (κ3) is 4.67. The van der Waals surface area contributed by atoms with Crippen molar-refractivity contribution in [1.29, 1.82) is 0 Å². The number of rotatable bonds is 5. The fraction of sp³-hybridized carbons (Fsp3) is 0.667. The minimum Gasteiger partial charge on any atom is -0.353 e. The van der Waals surface area contributed by atoms with Crippen molar-refractivity contribution in [3.8, 4) is 0 Å². The van der Waals surface area contributed by atoms with Crippen LogP contribution in [-0.4, -0.2) is 38.0 Å². The number of hydrogen-bond donors (Lipinski definition) is 0. The van der Waals surface area contributed by atoms with Crippen LogP contribution in [-0.2, 0) is 16.0 Å². The summed E-state index contributed by atoms with van der Waals surface area (Å²) in [5.41, 5.74) is 1.36. The second-order valence-corrected chi connectivity index (χ2v) is 6.60. The molecule has 0 bridgehead atoms. The first-order chi connectivity index (χ1) is 8.24. The maximum atomic E-state index is 5.53. The first-order valence-electron chi connectivity index (χ1n) is 5.89. The van der Waals surface area contributed by atoms with Crippen LogP contribution < -0.4 is 0 Å². The van der Waals surface area contributed by atoms with Crippen molar-refractivity contribution < 1.29 is 9.47 Å². The highest BCUT2D eigenvalue weighted by Crippen LogP contribution is 2.21. The molecule has 0 aromatic carbocycles. The van der Waals surface area contributed by atoms with E-state index >= 15 is 0 Å². The fourth-order valence-electron chi connectivity index (χ4n) is 1.85. The van der Waals surface area contributed by atoms with Gasteiger partial charge in [-0.3, -0.25) is 0 Å². The van der Waals surface area contributed by atoms with Crippen molar-refractivity contribution in [3.63, 3.8) is 0 Å². The number of hydrogen-bond acceptors (Lipinski definition) is 4. The summed E-state index contributed by atoms with van der Waals surface area (Å²) in [6.45, 7) is 3.66. The summed E-state index contributed by atoms with van der Waals surface area (Å²) in [6, 6.07) is 2.18. The smallest absolute Gasteiger partial charge is 0.158 e. The topological polar surface area (TPSA) is 21.7 Å². The predicted molar refractivity (Wildman–Crippen MR) is 73.3 cm³/mol. The second kappa shape index (κ2) is 6.85. The Morgan fingerprint density at radius 2 is 2.24 bits per heavy atom. The lowest BCUT2D eigenvalue weighted by atomic mass is 10.3. The summed E-state index contributed by atoms with van der Waals surface area (Å²) in [7, 11) is 2.13. The molecule has 1 saturated heterocycles. The number of thiophene rings is 1. The van der Waals surface area contributed by atoms with E-state index in [0.717, 1.165) is 39.1 Å².